The van der Waals surface area contributed by atoms with E-state index in [4.69, 9.17) is 11.2 Å². The number of rotatable bonds is 31. The van der Waals surface area contributed by atoms with Crippen LogP contribution in [0.15, 0.2) is 54.6 Å². The van der Waals surface area contributed by atoms with E-state index in [1.165, 1.54) is 18.9 Å². The molecule has 7 atom stereocenters. The molecule has 8 N–H and O–H groups in total. The fourth-order valence-corrected chi connectivity index (χ4v) is 8.24. The number of β-amino-alcohol motifs (C(OH)–C–C–N with tert-alkyl or cyclic N) is 1. The molecule has 71 heavy (non-hydrogen) atoms. The van der Waals surface area contributed by atoms with Gasteiger partial charge >= 0.3 is 0 Å². The second-order valence-electron chi connectivity index (χ2n) is 19.7. The lowest BCUT2D eigenvalue weighted by atomic mass is 9.97. The topological polar surface area (TPSA) is 236 Å². The lowest BCUT2D eigenvalue weighted by Crippen LogP contribution is -2.61. The number of aliphatic hydroxyl groups excluding tert-OH is 1. The molecule has 0 saturated carbocycles. The van der Waals surface area contributed by atoms with E-state index < -0.39 is 59.8 Å². The van der Waals surface area contributed by atoms with Gasteiger partial charge in [0.25, 0.3) is 5.91 Å². The Bertz CT molecular complexity index is 2040. The summed E-state index contributed by atoms with van der Waals surface area (Å²) in [6, 6.07) is 12.2. The van der Waals surface area contributed by atoms with Crippen LogP contribution in [0, 0.1) is 30.1 Å². The van der Waals surface area contributed by atoms with E-state index in [1.807, 2.05) is 54.6 Å². The van der Waals surface area contributed by atoms with Crippen LogP contribution in [0.4, 0.5) is 0 Å². The largest absolute Gasteiger partial charge is 0.484 e. The molecule has 17 heteroatoms. The zero-order valence-corrected chi connectivity index (χ0v) is 43.3. The second-order valence-corrected chi connectivity index (χ2v) is 19.7. The molecule has 1 heterocycles. The van der Waals surface area contributed by atoms with Gasteiger partial charge in [-0.1, -0.05) is 96.8 Å². The molecule has 0 radical (unpaired) electrons. The van der Waals surface area contributed by atoms with Crippen molar-refractivity contribution in [2.45, 2.75) is 161 Å². The van der Waals surface area contributed by atoms with Gasteiger partial charge in [-0.15, -0.1) is 12.3 Å². The first-order valence-corrected chi connectivity index (χ1v) is 25.4. The Hall–Kier alpha value is -5.99. The monoisotopic (exact) mass is 987 g/mol. The number of nitrogens with one attached hydrogen (secondary N) is 7. The van der Waals surface area contributed by atoms with E-state index in [1.54, 1.807) is 41.5 Å². The summed E-state index contributed by atoms with van der Waals surface area (Å²) in [5.41, 5.74) is 1.97. The Morgan fingerprint density at radius 3 is 1.80 bits per heavy atom. The molecule has 0 aromatic heterocycles. The number of amides is 7. The third-order valence-corrected chi connectivity index (χ3v) is 12.6. The first-order valence-electron chi connectivity index (χ1n) is 25.4. The fraction of sp³-hybridized carbons (Fsp3) is 0.611. The Morgan fingerprint density at radius 2 is 1.25 bits per heavy atom. The average Bonchev–Trinajstić information content (AvgIpc) is 3.75. The molecular weight excluding hydrogens is 905 g/mol. The number of ether oxygens (including phenoxy) is 1. The molecule has 2 aromatic carbocycles. The average molecular weight is 987 g/mol. The zero-order valence-electron chi connectivity index (χ0n) is 43.3. The summed E-state index contributed by atoms with van der Waals surface area (Å²) < 4.78 is 5.66. The van der Waals surface area contributed by atoms with Gasteiger partial charge in [0.05, 0.1) is 6.10 Å². The van der Waals surface area contributed by atoms with E-state index >= 15 is 0 Å². The van der Waals surface area contributed by atoms with Crippen molar-refractivity contribution in [2.24, 2.45) is 17.8 Å². The van der Waals surface area contributed by atoms with Gasteiger partial charge in [0.1, 0.15) is 36.0 Å². The van der Waals surface area contributed by atoms with Gasteiger partial charge in [0, 0.05) is 52.0 Å². The number of terminal acetylenes is 1. The first kappa shape index (κ1) is 59.3. The number of carbonyl (C=O) groups excluding carboxylic acids is 7. The number of nitrogens with zero attached hydrogens (tertiary/aromatic N) is 1. The van der Waals surface area contributed by atoms with Gasteiger partial charge in [-0.05, 0) is 86.5 Å². The number of benzene rings is 2. The van der Waals surface area contributed by atoms with E-state index in [0.717, 1.165) is 43.2 Å². The maximum absolute atomic E-state index is 14.0. The summed E-state index contributed by atoms with van der Waals surface area (Å²) in [4.78, 5) is 95.2. The van der Waals surface area contributed by atoms with Crippen molar-refractivity contribution in [3.8, 4) is 18.1 Å². The van der Waals surface area contributed by atoms with Crippen LogP contribution >= 0.6 is 0 Å². The summed E-state index contributed by atoms with van der Waals surface area (Å²) in [7, 11) is 1.53. The number of likely N-dealkylation sites (N-methyl/N-ethyl adjacent to an activating group) is 1. The van der Waals surface area contributed by atoms with Crippen LogP contribution in [0.3, 0.4) is 0 Å². The molecule has 17 nitrogen and oxygen atoms in total. The maximum atomic E-state index is 14.0. The summed E-state index contributed by atoms with van der Waals surface area (Å²) in [5.74, 6) is -0.998. The van der Waals surface area contributed by atoms with Crippen molar-refractivity contribution in [3.63, 3.8) is 0 Å². The summed E-state index contributed by atoms with van der Waals surface area (Å²) in [5, 5.41) is 30.0. The Labute approximate surface area is 421 Å². The van der Waals surface area contributed by atoms with Crippen LogP contribution in [0.2, 0.25) is 0 Å². The lowest BCUT2D eigenvalue weighted by molar-refractivity contribution is -0.142. The van der Waals surface area contributed by atoms with E-state index in [-0.39, 0.29) is 61.2 Å². The molecule has 0 unspecified atom stereocenters. The van der Waals surface area contributed by atoms with Gasteiger partial charge in [-0.3, -0.25) is 33.6 Å². The Balaban J connectivity index is 1.48. The first-order chi connectivity index (χ1) is 33.8. The number of hydrogen-bond acceptors (Lipinski definition) is 10. The van der Waals surface area contributed by atoms with Gasteiger partial charge < -0.3 is 52.0 Å². The molecule has 2 aromatic rings. The lowest BCUT2D eigenvalue weighted by Gasteiger charge is -2.32. The van der Waals surface area contributed by atoms with E-state index in [0.29, 0.717) is 51.1 Å². The molecule has 0 aliphatic carbocycles. The molecule has 1 aliphatic rings. The highest BCUT2D eigenvalue weighted by atomic mass is 16.5. The SMILES string of the molecule is C#CCCCCC(=O)N[C@H](C(=O)N[C@H](C(=O)N[C@H](C(=O)N[C@@H](C)C(=O)N(C)[C@@H](Cc1ccccc1)C(=O)NCCCCCCNC(=O)COc1ccc(C[C@@H]2C[C@@H](O)CN2)cc1)C(C)C)C(C)C)C(C)C. The highest BCUT2D eigenvalue weighted by Gasteiger charge is 2.36. The van der Waals surface area contributed by atoms with Gasteiger partial charge in [-0.25, -0.2) is 0 Å². The normalized spacial score (nSPS) is 16.4. The predicted molar refractivity (Wildman–Crippen MR) is 274 cm³/mol. The molecule has 0 bridgehead atoms. The number of aliphatic hydroxyl groups is 1. The van der Waals surface area contributed by atoms with Crippen molar-refractivity contribution in [1.82, 2.24) is 42.1 Å². The van der Waals surface area contributed by atoms with Gasteiger partial charge in [0.2, 0.25) is 35.4 Å². The third-order valence-electron chi connectivity index (χ3n) is 12.6. The quantitative estimate of drug-likeness (QED) is 0.0406. The van der Waals surface area contributed by atoms with E-state index in [9.17, 15) is 38.7 Å². The number of hydrogen-bond donors (Lipinski definition) is 8. The number of carbonyl (C=O) groups is 7. The van der Waals surface area contributed by atoms with E-state index in [2.05, 4.69) is 43.1 Å². The predicted octanol–water partition coefficient (Wildman–Crippen LogP) is 3.31. The molecule has 392 valence electrons. The van der Waals surface area contributed by atoms with Gasteiger partial charge in [0.15, 0.2) is 6.61 Å². The highest BCUT2D eigenvalue weighted by molar-refractivity contribution is 5.96. The maximum Gasteiger partial charge on any atom is 0.257 e. The standard InChI is InChI=1S/C54H82N8O9/c1-10-11-12-18-23-45(64)59-47(35(2)3)52(68)61-49(37(6)7)53(69)60-48(36(4)5)51(67)58-38(8)54(70)62(9)44(31-39-21-16-15-17-22-39)50(66)56-29-20-14-13-19-28-55-46(65)34-71-43-26-24-40(25-27-43)30-41-32-42(63)33-57-41/h1,15-17,21-22,24-27,35-38,41-42,44,47-49,57,63H,11-14,18-20,23,28-34H2,2-9H3,(H,55,65)(H,56,66)(H,58,67)(H,59,64)(H,60,69)(H,61,68)/t38-,41+,42+,44-,47-,48-,49-/m0/s1. The third kappa shape index (κ3) is 21.5. The highest BCUT2D eigenvalue weighted by Crippen LogP contribution is 2.18. The van der Waals surface area contributed by atoms with Crippen LogP contribution in [-0.2, 0) is 46.4 Å². The molecule has 3 rings (SSSR count). The van der Waals surface area contributed by atoms with Crippen LogP contribution in [0.25, 0.3) is 0 Å². The molecule has 7 amide bonds. The second kappa shape index (κ2) is 31.4. The van der Waals surface area contributed by atoms with Crippen LogP contribution in [-0.4, -0.2) is 127 Å². The zero-order chi connectivity index (χ0) is 52.5. The smallest absolute Gasteiger partial charge is 0.257 e. The summed E-state index contributed by atoms with van der Waals surface area (Å²) >= 11 is 0. The summed E-state index contributed by atoms with van der Waals surface area (Å²) in [6.45, 7) is 13.5. The van der Waals surface area contributed by atoms with Crippen molar-refractivity contribution < 1.29 is 43.4 Å². The van der Waals surface area contributed by atoms with Crippen molar-refractivity contribution in [1.29, 1.82) is 0 Å². The number of unbranched alkanes of at least 4 members (excludes halogenated alkanes) is 5. The van der Waals surface area contributed by atoms with Crippen molar-refractivity contribution >= 4 is 41.4 Å². The minimum absolute atomic E-state index is 0.0917. The fourth-order valence-electron chi connectivity index (χ4n) is 8.24. The molecular formula is C54H82N8O9. The molecule has 0 spiro atoms. The van der Waals surface area contributed by atoms with Crippen molar-refractivity contribution in [3.05, 3.63) is 65.7 Å². The Kier molecular flexibility index (Phi) is 26.2. The van der Waals surface area contributed by atoms with Crippen LogP contribution in [0.1, 0.15) is 117 Å². The molecule has 1 aliphatic heterocycles. The minimum atomic E-state index is -1.07. The molecule has 1 fully saturated rings. The Morgan fingerprint density at radius 1 is 0.690 bits per heavy atom. The van der Waals surface area contributed by atoms with Crippen LogP contribution < -0.4 is 42.0 Å². The molecule has 1 saturated heterocycles. The van der Waals surface area contributed by atoms with Gasteiger partial charge in [-0.2, -0.15) is 0 Å². The van der Waals surface area contributed by atoms with Crippen LogP contribution in [0.5, 0.6) is 5.75 Å². The van der Waals surface area contributed by atoms with Crippen molar-refractivity contribution in [2.75, 3.05) is 33.3 Å². The summed E-state index contributed by atoms with van der Waals surface area (Å²) in [6.07, 6.45) is 11.9. The minimum Gasteiger partial charge on any atom is -0.484 e.